The molecule has 1 N–H and O–H groups in total. The minimum atomic E-state index is -0.968. The highest BCUT2D eigenvalue weighted by Crippen LogP contribution is 2.13. The van der Waals surface area contributed by atoms with Crippen LogP contribution in [0.1, 0.15) is 5.69 Å². The van der Waals surface area contributed by atoms with Crippen molar-refractivity contribution in [1.29, 1.82) is 0 Å². The summed E-state index contributed by atoms with van der Waals surface area (Å²) in [5, 5.41) is 10.6. The van der Waals surface area contributed by atoms with Gasteiger partial charge in [0.05, 0.1) is 5.69 Å². The fourth-order valence-corrected chi connectivity index (χ4v) is 1.35. The average molecular weight is 199 g/mol. The maximum absolute atomic E-state index is 10.3. The predicted octanol–water partition coefficient (Wildman–Crippen LogP) is 2.33. The Bertz CT molecular complexity index is 532. The van der Waals surface area contributed by atoms with Crippen LogP contribution in [-0.2, 0) is 4.79 Å². The largest absolute Gasteiger partial charge is 0.478 e. The smallest absolute Gasteiger partial charge is 0.328 e. The minimum absolute atomic E-state index is 0.649. The highest BCUT2D eigenvalue weighted by molar-refractivity contribution is 5.87. The Hall–Kier alpha value is -2.16. The molecule has 0 amide bonds. The van der Waals surface area contributed by atoms with E-state index in [1.807, 2.05) is 30.3 Å². The van der Waals surface area contributed by atoms with Gasteiger partial charge in [0, 0.05) is 17.7 Å². The van der Waals surface area contributed by atoms with Gasteiger partial charge in [0.1, 0.15) is 0 Å². The Morgan fingerprint density at radius 2 is 2.00 bits per heavy atom. The number of fused-ring (bicyclic) bond motifs is 1. The molecule has 0 spiro atoms. The number of aliphatic carboxylic acids is 1. The quantitative estimate of drug-likeness (QED) is 0.755. The molecule has 0 aliphatic rings. The van der Waals surface area contributed by atoms with Crippen molar-refractivity contribution in [2.75, 3.05) is 0 Å². The van der Waals surface area contributed by atoms with Crippen molar-refractivity contribution < 1.29 is 9.90 Å². The van der Waals surface area contributed by atoms with Gasteiger partial charge >= 0.3 is 5.97 Å². The van der Waals surface area contributed by atoms with Crippen LogP contribution in [0.3, 0.4) is 0 Å². The molecular weight excluding hydrogens is 190 g/mol. The third kappa shape index (κ3) is 2.20. The summed E-state index contributed by atoms with van der Waals surface area (Å²) in [6.45, 7) is 0. The molecular formula is C12H9NO2. The van der Waals surface area contributed by atoms with E-state index < -0.39 is 5.97 Å². The predicted molar refractivity (Wildman–Crippen MR) is 58.4 cm³/mol. The van der Waals surface area contributed by atoms with Gasteiger partial charge in [-0.15, -0.1) is 0 Å². The molecule has 3 nitrogen and oxygen atoms in total. The summed E-state index contributed by atoms with van der Waals surface area (Å²) in [5.41, 5.74) is 0.649. The molecule has 0 fully saturated rings. The molecule has 3 heteroatoms. The van der Waals surface area contributed by atoms with E-state index >= 15 is 0 Å². The first-order chi connectivity index (χ1) is 7.25. The van der Waals surface area contributed by atoms with E-state index in [-0.39, 0.29) is 0 Å². The lowest BCUT2D eigenvalue weighted by molar-refractivity contribution is -0.131. The second-order valence-corrected chi connectivity index (χ2v) is 3.13. The lowest BCUT2D eigenvalue weighted by Gasteiger charge is -1.97. The van der Waals surface area contributed by atoms with Crippen molar-refractivity contribution in [3.63, 3.8) is 0 Å². The number of carboxylic acids is 1. The van der Waals surface area contributed by atoms with E-state index in [4.69, 9.17) is 5.11 Å². The van der Waals surface area contributed by atoms with Crippen molar-refractivity contribution >= 4 is 22.8 Å². The lowest BCUT2D eigenvalue weighted by atomic mass is 10.1. The summed E-state index contributed by atoms with van der Waals surface area (Å²) in [7, 11) is 0. The van der Waals surface area contributed by atoms with Crippen LogP contribution in [0.15, 0.2) is 42.6 Å². The Labute approximate surface area is 86.7 Å². The molecule has 1 aromatic heterocycles. The monoisotopic (exact) mass is 199 g/mol. The van der Waals surface area contributed by atoms with Crippen LogP contribution in [0.2, 0.25) is 0 Å². The Morgan fingerprint density at radius 3 is 2.73 bits per heavy atom. The molecule has 0 radical (unpaired) electrons. The lowest BCUT2D eigenvalue weighted by Crippen LogP contribution is -1.87. The van der Waals surface area contributed by atoms with Gasteiger partial charge in [-0.1, -0.05) is 24.3 Å². The summed E-state index contributed by atoms with van der Waals surface area (Å²) in [5.74, 6) is -0.968. The van der Waals surface area contributed by atoms with Gasteiger partial charge in [-0.3, -0.25) is 4.98 Å². The van der Waals surface area contributed by atoms with Gasteiger partial charge in [0.15, 0.2) is 0 Å². The fraction of sp³-hybridized carbons (Fsp3) is 0. The molecule has 74 valence electrons. The number of benzene rings is 1. The second kappa shape index (κ2) is 3.92. The normalized spacial score (nSPS) is 10.9. The number of nitrogens with zero attached hydrogens (tertiary/aromatic N) is 1. The maximum Gasteiger partial charge on any atom is 0.328 e. The molecule has 15 heavy (non-hydrogen) atoms. The Balaban J connectivity index is 2.43. The van der Waals surface area contributed by atoms with E-state index in [0.717, 1.165) is 16.8 Å². The molecule has 0 aliphatic carbocycles. The van der Waals surface area contributed by atoms with Crippen LogP contribution >= 0.6 is 0 Å². The highest BCUT2D eigenvalue weighted by Gasteiger charge is 1.94. The van der Waals surface area contributed by atoms with E-state index in [2.05, 4.69) is 4.98 Å². The summed E-state index contributed by atoms with van der Waals surface area (Å²) in [4.78, 5) is 14.5. The van der Waals surface area contributed by atoms with E-state index in [1.54, 1.807) is 6.20 Å². The molecule has 0 aliphatic heterocycles. The molecule has 0 saturated carbocycles. The van der Waals surface area contributed by atoms with E-state index in [0.29, 0.717) is 5.69 Å². The zero-order valence-electron chi connectivity index (χ0n) is 7.92. The summed E-state index contributed by atoms with van der Waals surface area (Å²) in [6, 6.07) is 9.67. The topological polar surface area (TPSA) is 50.2 Å². The molecule has 1 aromatic carbocycles. The zero-order valence-corrected chi connectivity index (χ0v) is 7.92. The number of aromatic nitrogens is 1. The molecule has 2 aromatic rings. The third-order valence-corrected chi connectivity index (χ3v) is 2.05. The molecule has 0 bridgehead atoms. The van der Waals surface area contributed by atoms with Crippen LogP contribution in [-0.4, -0.2) is 16.1 Å². The molecule has 2 rings (SSSR count). The molecule has 0 saturated heterocycles. The number of pyridine rings is 1. The standard InChI is InChI=1S/C12H9NO2/c14-12(15)6-5-11-7-9-3-1-2-4-10(9)8-13-11/h1-8H,(H,14,15)/b6-5+. The van der Waals surface area contributed by atoms with Gasteiger partial charge in [-0.2, -0.15) is 0 Å². The minimum Gasteiger partial charge on any atom is -0.478 e. The van der Waals surface area contributed by atoms with Crippen molar-refractivity contribution in [2.45, 2.75) is 0 Å². The average Bonchev–Trinajstić information content (AvgIpc) is 2.26. The van der Waals surface area contributed by atoms with Crippen LogP contribution in [0.4, 0.5) is 0 Å². The number of carbonyl (C=O) groups is 1. The third-order valence-electron chi connectivity index (χ3n) is 2.05. The van der Waals surface area contributed by atoms with E-state index in [9.17, 15) is 4.79 Å². The molecule has 0 unspecified atom stereocenters. The Morgan fingerprint density at radius 1 is 1.27 bits per heavy atom. The number of hydrogen-bond donors (Lipinski definition) is 1. The van der Waals surface area contributed by atoms with Gasteiger partial charge in [-0.25, -0.2) is 4.79 Å². The maximum atomic E-state index is 10.3. The van der Waals surface area contributed by atoms with Crippen molar-refractivity contribution in [3.05, 3.63) is 48.3 Å². The van der Waals surface area contributed by atoms with Crippen molar-refractivity contribution in [3.8, 4) is 0 Å². The van der Waals surface area contributed by atoms with Crippen LogP contribution in [0.5, 0.6) is 0 Å². The van der Waals surface area contributed by atoms with E-state index in [1.165, 1.54) is 6.08 Å². The SMILES string of the molecule is O=C(O)/C=C/c1cc2ccccc2cn1. The fourth-order valence-electron chi connectivity index (χ4n) is 1.35. The summed E-state index contributed by atoms with van der Waals surface area (Å²) >= 11 is 0. The van der Waals surface area contributed by atoms with Crippen LogP contribution < -0.4 is 0 Å². The first-order valence-electron chi connectivity index (χ1n) is 4.51. The van der Waals surface area contributed by atoms with Gasteiger partial charge in [-0.05, 0) is 17.5 Å². The summed E-state index contributed by atoms with van der Waals surface area (Å²) < 4.78 is 0. The van der Waals surface area contributed by atoms with Gasteiger partial charge < -0.3 is 5.11 Å². The van der Waals surface area contributed by atoms with Crippen molar-refractivity contribution in [2.24, 2.45) is 0 Å². The number of hydrogen-bond acceptors (Lipinski definition) is 2. The Kier molecular flexibility index (Phi) is 2.46. The molecule has 1 heterocycles. The first-order valence-corrected chi connectivity index (χ1v) is 4.51. The van der Waals surface area contributed by atoms with Crippen molar-refractivity contribution in [1.82, 2.24) is 4.98 Å². The number of carboxylic acid groups (broad SMARTS) is 1. The summed E-state index contributed by atoms with van der Waals surface area (Å²) in [6.07, 6.45) is 4.29. The highest BCUT2D eigenvalue weighted by atomic mass is 16.4. The van der Waals surface area contributed by atoms with Gasteiger partial charge in [0.2, 0.25) is 0 Å². The van der Waals surface area contributed by atoms with Crippen LogP contribution in [0, 0.1) is 0 Å². The second-order valence-electron chi connectivity index (χ2n) is 3.13. The van der Waals surface area contributed by atoms with Crippen LogP contribution in [0.25, 0.3) is 16.8 Å². The first kappa shape index (κ1) is 9.40. The van der Waals surface area contributed by atoms with Gasteiger partial charge in [0.25, 0.3) is 0 Å². The number of rotatable bonds is 2. The zero-order chi connectivity index (χ0) is 10.7. The molecule has 0 atom stereocenters.